The van der Waals surface area contributed by atoms with E-state index in [-0.39, 0.29) is 24.9 Å². The van der Waals surface area contributed by atoms with Crippen LogP contribution in [0.3, 0.4) is 0 Å². The van der Waals surface area contributed by atoms with Gasteiger partial charge in [0.1, 0.15) is 6.54 Å². The molecule has 1 saturated carbocycles. The van der Waals surface area contributed by atoms with Gasteiger partial charge in [-0.25, -0.2) is 0 Å². The summed E-state index contributed by atoms with van der Waals surface area (Å²) in [6.45, 7) is 2.49. The smallest absolute Gasteiger partial charge is 0.325 e. The van der Waals surface area contributed by atoms with Crippen LogP contribution in [0.5, 0.6) is 0 Å². The van der Waals surface area contributed by atoms with Crippen LogP contribution in [-0.2, 0) is 14.3 Å². The number of thiophene rings is 1. The van der Waals surface area contributed by atoms with Crippen molar-refractivity contribution in [2.75, 3.05) is 33.3 Å². The maximum Gasteiger partial charge on any atom is 0.325 e. The standard InChI is InChI=1S/C16H22N2O4S/c1-3-22-15(20)11-18(9-12-6-7-12)14(19)10-17(2)16(21)13-5-4-8-23-13/h4-5,8,12H,3,6-7,9-11H2,1-2H3. The minimum absolute atomic E-state index is 0.0388. The molecule has 1 aliphatic carbocycles. The second-order valence-corrected chi connectivity index (χ2v) is 6.61. The van der Waals surface area contributed by atoms with Gasteiger partial charge < -0.3 is 14.5 Å². The molecular formula is C16H22N2O4S. The summed E-state index contributed by atoms with van der Waals surface area (Å²) in [5, 5.41) is 1.82. The van der Waals surface area contributed by atoms with Gasteiger partial charge >= 0.3 is 5.97 Å². The molecule has 1 heterocycles. The first-order chi connectivity index (χ1) is 11.0. The van der Waals surface area contributed by atoms with Gasteiger partial charge in [-0.3, -0.25) is 14.4 Å². The summed E-state index contributed by atoms with van der Waals surface area (Å²) in [5.74, 6) is -0.353. The number of esters is 1. The lowest BCUT2D eigenvalue weighted by atomic mass is 10.3. The summed E-state index contributed by atoms with van der Waals surface area (Å²) in [6, 6.07) is 3.53. The van der Waals surface area contributed by atoms with Gasteiger partial charge in [0.05, 0.1) is 18.0 Å². The lowest BCUT2D eigenvalue weighted by Gasteiger charge is -2.24. The van der Waals surface area contributed by atoms with E-state index in [4.69, 9.17) is 4.74 Å². The molecule has 1 fully saturated rings. The van der Waals surface area contributed by atoms with Crippen LogP contribution in [0.25, 0.3) is 0 Å². The van der Waals surface area contributed by atoms with E-state index >= 15 is 0 Å². The predicted octanol–water partition coefficient (Wildman–Crippen LogP) is 1.62. The largest absolute Gasteiger partial charge is 0.465 e. The summed E-state index contributed by atoms with van der Waals surface area (Å²) >= 11 is 1.34. The van der Waals surface area contributed by atoms with E-state index in [0.29, 0.717) is 23.9 Å². The van der Waals surface area contributed by atoms with Crippen LogP contribution in [0, 0.1) is 5.92 Å². The zero-order chi connectivity index (χ0) is 16.8. The van der Waals surface area contributed by atoms with Crippen molar-refractivity contribution < 1.29 is 19.1 Å². The second kappa shape index (κ2) is 8.10. The van der Waals surface area contributed by atoms with Gasteiger partial charge in [0.2, 0.25) is 5.91 Å². The highest BCUT2D eigenvalue weighted by Gasteiger charge is 2.29. The average molecular weight is 338 g/mol. The van der Waals surface area contributed by atoms with Gasteiger partial charge in [-0.1, -0.05) is 6.07 Å². The van der Waals surface area contributed by atoms with Gasteiger partial charge in [-0.15, -0.1) is 11.3 Å². The van der Waals surface area contributed by atoms with Crippen LogP contribution in [-0.4, -0.2) is 60.9 Å². The normalized spacial score (nSPS) is 13.5. The molecule has 7 heteroatoms. The first-order valence-corrected chi connectivity index (χ1v) is 8.61. The number of ether oxygens (including phenoxy) is 1. The zero-order valence-electron chi connectivity index (χ0n) is 13.5. The minimum atomic E-state index is -0.409. The van der Waals surface area contributed by atoms with Gasteiger partial charge in [0.15, 0.2) is 0 Å². The molecule has 126 valence electrons. The van der Waals surface area contributed by atoms with Crippen LogP contribution in [0.4, 0.5) is 0 Å². The van der Waals surface area contributed by atoms with E-state index in [9.17, 15) is 14.4 Å². The number of hydrogen-bond donors (Lipinski definition) is 0. The third kappa shape index (κ3) is 5.35. The molecule has 2 amide bonds. The Morgan fingerprint density at radius 3 is 2.61 bits per heavy atom. The topological polar surface area (TPSA) is 66.9 Å². The van der Waals surface area contributed by atoms with Crippen molar-refractivity contribution in [2.45, 2.75) is 19.8 Å². The third-order valence-electron chi connectivity index (χ3n) is 3.60. The van der Waals surface area contributed by atoms with Crippen molar-refractivity contribution in [1.29, 1.82) is 0 Å². The van der Waals surface area contributed by atoms with Gasteiger partial charge in [-0.05, 0) is 37.1 Å². The van der Waals surface area contributed by atoms with Crippen molar-refractivity contribution >= 4 is 29.1 Å². The lowest BCUT2D eigenvalue weighted by Crippen LogP contribution is -2.44. The third-order valence-corrected chi connectivity index (χ3v) is 4.46. The second-order valence-electron chi connectivity index (χ2n) is 5.66. The summed E-state index contributed by atoms with van der Waals surface area (Å²) in [4.78, 5) is 39.8. The summed E-state index contributed by atoms with van der Waals surface area (Å²) in [7, 11) is 1.60. The number of amides is 2. The van der Waals surface area contributed by atoms with Crippen LogP contribution in [0.15, 0.2) is 17.5 Å². The SMILES string of the molecule is CCOC(=O)CN(CC1CC1)C(=O)CN(C)C(=O)c1cccs1. The molecule has 23 heavy (non-hydrogen) atoms. The molecule has 0 atom stereocenters. The van der Waals surface area contributed by atoms with Crippen LogP contribution in [0.1, 0.15) is 29.4 Å². The molecule has 0 bridgehead atoms. The van der Waals surface area contributed by atoms with E-state index in [1.54, 1.807) is 26.1 Å². The minimum Gasteiger partial charge on any atom is -0.465 e. The van der Waals surface area contributed by atoms with Crippen LogP contribution in [0.2, 0.25) is 0 Å². The predicted molar refractivity (Wildman–Crippen MR) is 87.2 cm³/mol. The highest BCUT2D eigenvalue weighted by Crippen LogP contribution is 2.29. The number of rotatable bonds is 8. The highest BCUT2D eigenvalue weighted by atomic mass is 32.1. The van der Waals surface area contributed by atoms with Crippen molar-refractivity contribution in [1.82, 2.24) is 9.80 Å². The molecule has 1 aromatic rings. The van der Waals surface area contributed by atoms with Crippen LogP contribution >= 0.6 is 11.3 Å². The Balaban J connectivity index is 1.93. The van der Waals surface area contributed by atoms with E-state index < -0.39 is 5.97 Å². The zero-order valence-corrected chi connectivity index (χ0v) is 14.3. The number of likely N-dealkylation sites (N-methyl/N-ethyl adjacent to an activating group) is 1. The van der Waals surface area contributed by atoms with Crippen molar-refractivity contribution in [3.63, 3.8) is 0 Å². The molecule has 0 saturated heterocycles. The molecule has 0 N–H and O–H groups in total. The van der Waals surface area contributed by atoms with Crippen LogP contribution < -0.4 is 0 Å². The van der Waals surface area contributed by atoms with Gasteiger partial charge in [0.25, 0.3) is 5.91 Å². The quantitative estimate of drug-likeness (QED) is 0.676. The molecule has 1 aromatic heterocycles. The fourth-order valence-corrected chi connectivity index (χ4v) is 2.91. The molecule has 0 radical (unpaired) electrons. The molecule has 2 rings (SSSR count). The van der Waals surface area contributed by atoms with Gasteiger partial charge in [-0.2, -0.15) is 0 Å². The van der Waals surface area contributed by atoms with Gasteiger partial charge in [0, 0.05) is 13.6 Å². The van der Waals surface area contributed by atoms with E-state index in [1.807, 2.05) is 5.38 Å². The summed E-state index contributed by atoms with van der Waals surface area (Å²) in [6.07, 6.45) is 2.16. The molecule has 0 unspecified atom stereocenters. The lowest BCUT2D eigenvalue weighted by molar-refractivity contribution is -0.149. The Morgan fingerprint density at radius 2 is 2.04 bits per heavy atom. The fourth-order valence-electron chi connectivity index (χ4n) is 2.19. The first kappa shape index (κ1) is 17.5. The first-order valence-electron chi connectivity index (χ1n) is 7.73. The van der Waals surface area contributed by atoms with Crippen molar-refractivity contribution in [3.8, 4) is 0 Å². The molecular weight excluding hydrogens is 316 g/mol. The maximum absolute atomic E-state index is 12.5. The fraction of sp³-hybridized carbons (Fsp3) is 0.562. The Labute approximate surface area is 140 Å². The number of hydrogen-bond acceptors (Lipinski definition) is 5. The number of nitrogens with zero attached hydrogens (tertiary/aromatic N) is 2. The monoisotopic (exact) mass is 338 g/mol. The summed E-state index contributed by atoms with van der Waals surface area (Å²) < 4.78 is 4.92. The molecule has 0 aliphatic heterocycles. The van der Waals surface area contributed by atoms with Crippen molar-refractivity contribution in [2.24, 2.45) is 5.92 Å². The summed E-state index contributed by atoms with van der Waals surface area (Å²) in [5.41, 5.74) is 0. The van der Waals surface area contributed by atoms with Crippen molar-refractivity contribution in [3.05, 3.63) is 22.4 Å². The molecule has 1 aliphatic rings. The molecule has 0 aromatic carbocycles. The van der Waals surface area contributed by atoms with E-state index in [0.717, 1.165) is 12.8 Å². The Bertz CT molecular complexity index is 554. The van der Waals surface area contributed by atoms with E-state index in [2.05, 4.69) is 0 Å². The number of carbonyl (C=O) groups excluding carboxylic acids is 3. The maximum atomic E-state index is 12.5. The Morgan fingerprint density at radius 1 is 1.30 bits per heavy atom. The molecule has 6 nitrogen and oxygen atoms in total. The molecule has 0 spiro atoms. The Hall–Kier alpha value is -1.89. The average Bonchev–Trinajstić information content (AvgIpc) is 3.15. The highest BCUT2D eigenvalue weighted by molar-refractivity contribution is 7.12. The number of carbonyl (C=O) groups is 3. The Kier molecular flexibility index (Phi) is 6.15. The van der Waals surface area contributed by atoms with E-state index in [1.165, 1.54) is 21.1 Å².